The molecule has 0 unspecified atom stereocenters. The second kappa shape index (κ2) is 2.41. The minimum absolute atomic E-state index is 0.0943. The molecule has 0 saturated heterocycles. The van der Waals surface area contributed by atoms with Crippen molar-refractivity contribution in [3.8, 4) is 0 Å². The predicted molar refractivity (Wildman–Crippen MR) is 46.1 cm³/mol. The highest BCUT2D eigenvalue weighted by Gasteiger charge is 2.19. The first-order chi connectivity index (χ1) is 5.67. The zero-order valence-electron chi connectivity index (χ0n) is 7.33. The summed E-state index contributed by atoms with van der Waals surface area (Å²) in [5, 5.41) is 0. The number of rotatable bonds is 0. The van der Waals surface area contributed by atoms with Crippen LogP contribution >= 0.6 is 0 Å². The van der Waals surface area contributed by atoms with E-state index >= 15 is 0 Å². The van der Waals surface area contributed by atoms with E-state index in [2.05, 4.69) is 26.0 Å². The Kier molecular flexibility index (Phi) is 1.50. The van der Waals surface area contributed by atoms with Crippen LogP contribution in [-0.2, 0) is 9.47 Å². The largest absolute Gasteiger partial charge is 0.454 e. The summed E-state index contributed by atoms with van der Waals surface area (Å²) in [6, 6.07) is 0. The SMILES string of the molecule is CC1(C)C=CC2=C(C=C1)OCO2. The van der Waals surface area contributed by atoms with Gasteiger partial charge >= 0.3 is 0 Å². The Balaban J connectivity index is 2.34. The standard InChI is InChI=1S/C10H12O2/c1-10(2)5-3-8-9(4-6-10)12-7-11-8/h3-6H,7H2,1-2H3. The molecule has 0 spiro atoms. The topological polar surface area (TPSA) is 18.5 Å². The molecule has 2 rings (SSSR count). The Labute approximate surface area is 72.2 Å². The van der Waals surface area contributed by atoms with Gasteiger partial charge in [0.05, 0.1) is 0 Å². The van der Waals surface area contributed by atoms with Gasteiger partial charge in [-0.2, -0.15) is 0 Å². The van der Waals surface area contributed by atoms with Crippen molar-refractivity contribution in [2.75, 3.05) is 6.79 Å². The Morgan fingerprint density at radius 2 is 1.58 bits per heavy atom. The van der Waals surface area contributed by atoms with Gasteiger partial charge in [0.2, 0.25) is 6.79 Å². The summed E-state index contributed by atoms with van der Waals surface area (Å²) < 4.78 is 10.5. The second-order valence-electron chi connectivity index (χ2n) is 3.62. The zero-order chi connectivity index (χ0) is 8.60. The van der Waals surface area contributed by atoms with Crippen LogP contribution in [0.15, 0.2) is 35.8 Å². The molecule has 2 heteroatoms. The Morgan fingerprint density at radius 1 is 1.08 bits per heavy atom. The van der Waals surface area contributed by atoms with Gasteiger partial charge in [-0.1, -0.05) is 26.0 Å². The quantitative estimate of drug-likeness (QED) is 0.547. The summed E-state index contributed by atoms with van der Waals surface area (Å²) in [6.45, 7) is 4.63. The van der Waals surface area contributed by atoms with Gasteiger partial charge in [-0.05, 0) is 12.2 Å². The molecule has 0 atom stereocenters. The van der Waals surface area contributed by atoms with Crippen LogP contribution in [0, 0.1) is 5.41 Å². The highest BCUT2D eigenvalue weighted by molar-refractivity contribution is 5.32. The summed E-state index contributed by atoms with van der Waals surface area (Å²) >= 11 is 0. The van der Waals surface area contributed by atoms with Crippen LogP contribution in [0.1, 0.15) is 13.8 Å². The molecule has 2 nitrogen and oxygen atoms in total. The molecule has 0 aromatic carbocycles. The van der Waals surface area contributed by atoms with Gasteiger partial charge in [-0.15, -0.1) is 0 Å². The van der Waals surface area contributed by atoms with Crippen molar-refractivity contribution in [1.29, 1.82) is 0 Å². The third-order valence-electron chi connectivity index (χ3n) is 2.00. The number of allylic oxidation sites excluding steroid dienone is 4. The van der Waals surface area contributed by atoms with Crippen molar-refractivity contribution in [2.45, 2.75) is 13.8 Å². The number of hydrogen-bond donors (Lipinski definition) is 0. The molecule has 1 aliphatic carbocycles. The third kappa shape index (κ3) is 1.24. The summed E-state index contributed by atoms with van der Waals surface area (Å²) in [7, 11) is 0. The van der Waals surface area contributed by atoms with Gasteiger partial charge in [0, 0.05) is 5.41 Å². The van der Waals surface area contributed by atoms with E-state index in [4.69, 9.17) is 9.47 Å². The van der Waals surface area contributed by atoms with E-state index in [1.54, 1.807) is 0 Å². The molecule has 0 fully saturated rings. The van der Waals surface area contributed by atoms with Crippen molar-refractivity contribution in [3.05, 3.63) is 35.8 Å². The smallest absolute Gasteiger partial charge is 0.231 e. The minimum Gasteiger partial charge on any atom is -0.454 e. The molecule has 0 amide bonds. The Bertz CT molecular complexity index is 256. The lowest BCUT2D eigenvalue weighted by Gasteiger charge is -2.12. The molecular weight excluding hydrogens is 152 g/mol. The molecule has 64 valence electrons. The Morgan fingerprint density at radius 3 is 2.08 bits per heavy atom. The first-order valence-electron chi connectivity index (χ1n) is 4.06. The summed E-state index contributed by atoms with van der Waals surface area (Å²) in [4.78, 5) is 0. The monoisotopic (exact) mass is 164 g/mol. The fourth-order valence-electron chi connectivity index (χ4n) is 1.20. The average molecular weight is 164 g/mol. The summed E-state index contributed by atoms with van der Waals surface area (Å²) in [5.74, 6) is 1.69. The first kappa shape index (κ1) is 7.47. The van der Waals surface area contributed by atoms with Crippen LogP contribution < -0.4 is 0 Å². The molecule has 1 heterocycles. The molecule has 0 radical (unpaired) electrons. The third-order valence-corrected chi connectivity index (χ3v) is 2.00. The average Bonchev–Trinajstić information content (AvgIpc) is 2.40. The van der Waals surface area contributed by atoms with Crippen LogP contribution in [-0.4, -0.2) is 6.79 Å². The maximum atomic E-state index is 5.25. The normalized spacial score (nSPS) is 24.5. The van der Waals surface area contributed by atoms with E-state index in [9.17, 15) is 0 Å². The van der Waals surface area contributed by atoms with Gasteiger partial charge < -0.3 is 9.47 Å². The van der Waals surface area contributed by atoms with Crippen molar-refractivity contribution in [3.63, 3.8) is 0 Å². The molecular formula is C10H12O2. The Hall–Kier alpha value is -1.18. The summed E-state index contributed by atoms with van der Waals surface area (Å²) in [5.41, 5.74) is 0.0943. The molecule has 0 aromatic rings. The molecule has 2 aliphatic rings. The van der Waals surface area contributed by atoms with Gasteiger partial charge in [-0.3, -0.25) is 0 Å². The van der Waals surface area contributed by atoms with E-state index in [1.165, 1.54) is 0 Å². The molecule has 0 N–H and O–H groups in total. The van der Waals surface area contributed by atoms with E-state index in [1.807, 2.05) is 12.2 Å². The van der Waals surface area contributed by atoms with Crippen molar-refractivity contribution in [1.82, 2.24) is 0 Å². The molecule has 0 saturated carbocycles. The minimum atomic E-state index is 0.0943. The van der Waals surface area contributed by atoms with E-state index < -0.39 is 0 Å². The van der Waals surface area contributed by atoms with Gasteiger partial charge in [-0.25, -0.2) is 0 Å². The van der Waals surface area contributed by atoms with E-state index in [0.29, 0.717) is 6.79 Å². The fraction of sp³-hybridized carbons (Fsp3) is 0.400. The lowest BCUT2D eigenvalue weighted by molar-refractivity contribution is 0.0774. The molecule has 0 bridgehead atoms. The van der Waals surface area contributed by atoms with Crippen LogP contribution in [0.25, 0.3) is 0 Å². The molecule has 12 heavy (non-hydrogen) atoms. The number of hydrogen-bond acceptors (Lipinski definition) is 2. The second-order valence-corrected chi connectivity index (χ2v) is 3.62. The zero-order valence-corrected chi connectivity index (χ0v) is 7.33. The van der Waals surface area contributed by atoms with Gasteiger partial charge in [0.25, 0.3) is 0 Å². The lowest BCUT2D eigenvalue weighted by atomic mass is 9.93. The predicted octanol–water partition coefficient (Wildman–Crippen LogP) is 2.35. The van der Waals surface area contributed by atoms with Crippen LogP contribution in [0.2, 0.25) is 0 Å². The van der Waals surface area contributed by atoms with E-state index in [-0.39, 0.29) is 5.41 Å². The van der Waals surface area contributed by atoms with Crippen LogP contribution in [0.3, 0.4) is 0 Å². The van der Waals surface area contributed by atoms with Crippen molar-refractivity contribution >= 4 is 0 Å². The number of ether oxygens (including phenoxy) is 2. The lowest BCUT2D eigenvalue weighted by Crippen LogP contribution is -2.01. The molecule has 1 aliphatic heterocycles. The van der Waals surface area contributed by atoms with Crippen molar-refractivity contribution in [2.24, 2.45) is 5.41 Å². The first-order valence-corrected chi connectivity index (χ1v) is 4.06. The van der Waals surface area contributed by atoms with Crippen molar-refractivity contribution < 1.29 is 9.47 Å². The van der Waals surface area contributed by atoms with Gasteiger partial charge in [0.1, 0.15) is 0 Å². The highest BCUT2D eigenvalue weighted by atomic mass is 16.7. The highest BCUT2D eigenvalue weighted by Crippen LogP contribution is 2.28. The van der Waals surface area contributed by atoms with Crippen LogP contribution in [0.5, 0.6) is 0 Å². The van der Waals surface area contributed by atoms with Gasteiger partial charge in [0.15, 0.2) is 11.5 Å². The summed E-state index contributed by atoms with van der Waals surface area (Å²) in [6.07, 6.45) is 8.17. The van der Waals surface area contributed by atoms with Crippen LogP contribution in [0.4, 0.5) is 0 Å². The van der Waals surface area contributed by atoms with E-state index in [0.717, 1.165) is 11.5 Å². The maximum Gasteiger partial charge on any atom is 0.231 e. The maximum absolute atomic E-state index is 5.25. The fourth-order valence-corrected chi connectivity index (χ4v) is 1.20. The molecule has 0 aromatic heterocycles.